The molecule has 3 aromatic rings. The van der Waals surface area contributed by atoms with E-state index in [0.29, 0.717) is 5.92 Å². The van der Waals surface area contributed by atoms with Gasteiger partial charge in [-0.05, 0) is 41.3 Å². The van der Waals surface area contributed by atoms with Gasteiger partial charge in [-0.3, -0.25) is 0 Å². The Bertz CT molecular complexity index is 753. The molecule has 0 spiro atoms. The van der Waals surface area contributed by atoms with Gasteiger partial charge in [-0.2, -0.15) is 0 Å². The molecule has 3 rings (SSSR count). The quantitative estimate of drug-likeness (QED) is 0.562. The summed E-state index contributed by atoms with van der Waals surface area (Å²) in [6, 6.07) is 22.1. The van der Waals surface area contributed by atoms with E-state index in [1.165, 1.54) is 33.0 Å². The number of benzene rings is 3. The van der Waals surface area contributed by atoms with Gasteiger partial charge in [0.05, 0.1) is 0 Å². The normalized spacial score (nSPS) is 12.6. The minimum Gasteiger partial charge on any atom is -0.0616 e. The van der Waals surface area contributed by atoms with Crippen LogP contribution in [-0.2, 0) is 0 Å². The third kappa shape index (κ3) is 2.34. The highest BCUT2D eigenvalue weighted by Gasteiger charge is 2.11. The van der Waals surface area contributed by atoms with Crippen molar-refractivity contribution < 1.29 is 0 Å². The van der Waals surface area contributed by atoms with Gasteiger partial charge in [0.1, 0.15) is 0 Å². The molecule has 0 aliphatic rings. The minimum atomic E-state index is 0.430. The summed E-state index contributed by atoms with van der Waals surface area (Å²) in [6.45, 7) is 6.66. The average molecular weight is 260 g/mol. The third-order valence-corrected chi connectivity index (χ3v) is 4.17. The largest absolute Gasteiger partial charge is 0.0616 e. The first kappa shape index (κ1) is 12.9. The Morgan fingerprint density at radius 2 is 1.50 bits per heavy atom. The second kappa shape index (κ2) is 5.13. The fourth-order valence-corrected chi connectivity index (χ4v) is 2.88. The van der Waals surface area contributed by atoms with Gasteiger partial charge in [-0.25, -0.2) is 0 Å². The predicted octanol–water partition coefficient (Wildman–Crippen LogP) is 5.61. The van der Waals surface area contributed by atoms with Gasteiger partial charge < -0.3 is 0 Å². The van der Waals surface area contributed by atoms with Crippen molar-refractivity contribution in [3.8, 4) is 0 Å². The maximum atomic E-state index is 2.32. The molecule has 100 valence electrons. The SMILES string of the molecule is Cc1ccc(C)c(C(C)c2ccc3ccccc3c2)c1. The van der Waals surface area contributed by atoms with E-state index < -0.39 is 0 Å². The molecule has 0 heterocycles. The number of hydrogen-bond donors (Lipinski definition) is 0. The number of hydrogen-bond acceptors (Lipinski definition) is 0. The van der Waals surface area contributed by atoms with E-state index in [-0.39, 0.29) is 0 Å². The predicted molar refractivity (Wildman–Crippen MR) is 87.4 cm³/mol. The standard InChI is InChI=1S/C20H20/c1-14-8-9-15(2)20(12-14)16(3)18-11-10-17-6-4-5-7-19(17)13-18/h4-13,16H,1-3H3. The molecule has 0 heteroatoms. The van der Waals surface area contributed by atoms with Crippen LogP contribution in [0.2, 0.25) is 0 Å². The van der Waals surface area contributed by atoms with E-state index in [1.807, 2.05) is 0 Å². The molecule has 20 heavy (non-hydrogen) atoms. The highest BCUT2D eigenvalue weighted by Crippen LogP contribution is 2.29. The van der Waals surface area contributed by atoms with Gasteiger partial charge in [-0.15, -0.1) is 0 Å². The molecule has 3 aromatic carbocycles. The highest BCUT2D eigenvalue weighted by atomic mass is 14.2. The highest BCUT2D eigenvalue weighted by molar-refractivity contribution is 5.83. The van der Waals surface area contributed by atoms with Crippen LogP contribution in [0.3, 0.4) is 0 Å². The molecule has 0 nitrogen and oxygen atoms in total. The van der Waals surface area contributed by atoms with E-state index in [2.05, 4.69) is 81.4 Å². The van der Waals surface area contributed by atoms with Crippen LogP contribution in [0, 0.1) is 13.8 Å². The monoisotopic (exact) mass is 260 g/mol. The summed E-state index contributed by atoms with van der Waals surface area (Å²) in [6.07, 6.45) is 0. The summed E-state index contributed by atoms with van der Waals surface area (Å²) in [7, 11) is 0. The van der Waals surface area contributed by atoms with E-state index >= 15 is 0 Å². The van der Waals surface area contributed by atoms with Crippen LogP contribution in [0.5, 0.6) is 0 Å². The average Bonchev–Trinajstić information content (AvgIpc) is 2.48. The van der Waals surface area contributed by atoms with Crippen molar-refractivity contribution in [1.29, 1.82) is 0 Å². The lowest BCUT2D eigenvalue weighted by molar-refractivity contribution is 0.910. The first-order valence-corrected chi connectivity index (χ1v) is 7.21. The summed E-state index contributed by atoms with van der Waals surface area (Å²) in [5.74, 6) is 0.430. The topological polar surface area (TPSA) is 0 Å². The van der Waals surface area contributed by atoms with Crippen LogP contribution in [0.15, 0.2) is 60.7 Å². The minimum absolute atomic E-state index is 0.430. The lowest BCUT2D eigenvalue weighted by Crippen LogP contribution is -1.99. The van der Waals surface area contributed by atoms with Crippen LogP contribution in [0.1, 0.15) is 35.1 Å². The Hall–Kier alpha value is -2.08. The first-order valence-electron chi connectivity index (χ1n) is 7.21. The number of fused-ring (bicyclic) bond motifs is 1. The maximum Gasteiger partial charge on any atom is 0.00639 e. The molecule has 0 bridgehead atoms. The molecule has 0 aliphatic carbocycles. The fourth-order valence-electron chi connectivity index (χ4n) is 2.88. The second-order valence-electron chi connectivity index (χ2n) is 5.69. The Morgan fingerprint density at radius 1 is 0.750 bits per heavy atom. The molecule has 0 amide bonds. The van der Waals surface area contributed by atoms with E-state index in [9.17, 15) is 0 Å². The zero-order valence-corrected chi connectivity index (χ0v) is 12.4. The zero-order valence-electron chi connectivity index (χ0n) is 12.4. The summed E-state index contributed by atoms with van der Waals surface area (Å²) < 4.78 is 0. The van der Waals surface area contributed by atoms with Crippen molar-refractivity contribution in [2.45, 2.75) is 26.7 Å². The summed E-state index contributed by atoms with van der Waals surface area (Å²) >= 11 is 0. The third-order valence-electron chi connectivity index (χ3n) is 4.17. The Morgan fingerprint density at radius 3 is 2.30 bits per heavy atom. The molecule has 0 aliphatic heterocycles. The summed E-state index contributed by atoms with van der Waals surface area (Å²) in [5, 5.41) is 2.63. The molecule has 0 radical (unpaired) electrons. The molecular weight excluding hydrogens is 240 g/mol. The molecule has 0 saturated carbocycles. The molecule has 0 aromatic heterocycles. The van der Waals surface area contributed by atoms with Gasteiger partial charge >= 0.3 is 0 Å². The summed E-state index contributed by atoms with van der Waals surface area (Å²) in [5.41, 5.74) is 5.52. The van der Waals surface area contributed by atoms with Gasteiger partial charge in [0.25, 0.3) is 0 Å². The fraction of sp³-hybridized carbons (Fsp3) is 0.200. The first-order chi connectivity index (χ1) is 9.65. The Balaban J connectivity index is 2.07. The van der Waals surface area contributed by atoms with Crippen molar-refractivity contribution in [1.82, 2.24) is 0 Å². The summed E-state index contributed by atoms with van der Waals surface area (Å²) in [4.78, 5) is 0. The van der Waals surface area contributed by atoms with Crippen molar-refractivity contribution in [3.05, 3.63) is 82.9 Å². The van der Waals surface area contributed by atoms with Crippen molar-refractivity contribution in [3.63, 3.8) is 0 Å². The smallest absolute Gasteiger partial charge is 0.00639 e. The Labute approximate surface area is 121 Å². The van der Waals surface area contributed by atoms with Gasteiger partial charge in [0.15, 0.2) is 0 Å². The lowest BCUT2D eigenvalue weighted by atomic mass is 9.88. The van der Waals surface area contributed by atoms with E-state index in [4.69, 9.17) is 0 Å². The second-order valence-corrected chi connectivity index (χ2v) is 5.69. The molecule has 0 fully saturated rings. The maximum absolute atomic E-state index is 2.32. The molecule has 1 atom stereocenters. The van der Waals surface area contributed by atoms with Crippen molar-refractivity contribution >= 4 is 10.8 Å². The lowest BCUT2D eigenvalue weighted by Gasteiger charge is -2.16. The number of aryl methyl sites for hydroxylation is 2. The van der Waals surface area contributed by atoms with E-state index in [1.54, 1.807) is 0 Å². The van der Waals surface area contributed by atoms with E-state index in [0.717, 1.165) is 0 Å². The van der Waals surface area contributed by atoms with Gasteiger partial charge in [-0.1, -0.05) is 73.2 Å². The molecular formula is C20H20. The van der Waals surface area contributed by atoms with Gasteiger partial charge in [0, 0.05) is 5.92 Å². The van der Waals surface area contributed by atoms with Crippen LogP contribution in [0.25, 0.3) is 10.8 Å². The van der Waals surface area contributed by atoms with Crippen LogP contribution in [-0.4, -0.2) is 0 Å². The molecule has 0 saturated heterocycles. The zero-order chi connectivity index (χ0) is 14.1. The molecule has 0 N–H and O–H groups in total. The van der Waals surface area contributed by atoms with Gasteiger partial charge in [0.2, 0.25) is 0 Å². The Kier molecular flexibility index (Phi) is 3.31. The van der Waals surface area contributed by atoms with Crippen LogP contribution in [0.4, 0.5) is 0 Å². The van der Waals surface area contributed by atoms with Crippen LogP contribution < -0.4 is 0 Å². The van der Waals surface area contributed by atoms with Crippen molar-refractivity contribution in [2.24, 2.45) is 0 Å². The van der Waals surface area contributed by atoms with Crippen molar-refractivity contribution in [2.75, 3.05) is 0 Å². The van der Waals surface area contributed by atoms with Crippen LogP contribution >= 0.6 is 0 Å². The molecule has 1 unspecified atom stereocenters. The number of rotatable bonds is 2.